The van der Waals surface area contributed by atoms with Gasteiger partial charge in [0.25, 0.3) is 0 Å². The highest BCUT2D eigenvalue weighted by Crippen LogP contribution is 2.27. The van der Waals surface area contributed by atoms with E-state index < -0.39 is 0 Å². The first kappa shape index (κ1) is 15.5. The molecule has 0 aliphatic rings. The molecule has 0 aliphatic heterocycles. The van der Waals surface area contributed by atoms with Crippen LogP contribution in [0.4, 0.5) is 5.95 Å². The van der Waals surface area contributed by atoms with Gasteiger partial charge in [-0.05, 0) is 29.7 Å². The zero-order chi connectivity index (χ0) is 16.9. The van der Waals surface area contributed by atoms with Crippen LogP contribution in [0.2, 0.25) is 0 Å². The molecule has 1 aromatic heterocycles. The summed E-state index contributed by atoms with van der Waals surface area (Å²) in [6.45, 7) is 0.855. The molecule has 4 aromatic rings. The van der Waals surface area contributed by atoms with Gasteiger partial charge in [0.1, 0.15) is 0 Å². The first-order valence-electron chi connectivity index (χ1n) is 8.69. The van der Waals surface area contributed by atoms with Crippen molar-refractivity contribution in [3.63, 3.8) is 0 Å². The fraction of sp³-hybridized carbons (Fsp3) is 0.136. The van der Waals surface area contributed by atoms with Crippen LogP contribution in [0, 0.1) is 0 Å². The summed E-state index contributed by atoms with van der Waals surface area (Å²) < 4.78 is 0. The van der Waals surface area contributed by atoms with E-state index in [9.17, 15) is 0 Å². The third kappa shape index (κ3) is 3.56. The van der Waals surface area contributed by atoms with Gasteiger partial charge in [0.2, 0.25) is 5.95 Å². The Bertz CT molecular complexity index is 857. The summed E-state index contributed by atoms with van der Waals surface area (Å²) in [6.07, 6.45) is 1.01. The predicted octanol–water partition coefficient (Wildman–Crippen LogP) is 5.20. The Labute approximate surface area is 147 Å². The van der Waals surface area contributed by atoms with Crippen molar-refractivity contribution in [2.24, 2.45) is 0 Å². The molecule has 0 unspecified atom stereocenters. The molecule has 0 amide bonds. The smallest absolute Gasteiger partial charge is 0.201 e. The molecule has 124 valence electrons. The lowest BCUT2D eigenvalue weighted by atomic mass is 9.88. The van der Waals surface area contributed by atoms with E-state index in [1.807, 2.05) is 24.3 Å². The first-order valence-corrected chi connectivity index (χ1v) is 8.69. The first-order chi connectivity index (χ1) is 12.4. The van der Waals surface area contributed by atoms with Crippen LogP contribution in [-0.2, 0) is 0 Å². The number of H-pyrrole nitrogens is 1. The summed E-state index contributed by atoms with van der Waals surface area (Å²) in [6, 6.07) is 29.5. The number of aromatic amines is 1. The van der Waals surface area contributed by atoms with Crippen LogP contribution in [0.1, 0.15) is 23.5 Å². The van der Waals surface area contributed by atoms with E-state index in [-0.39, 0.29) is 0 Å². The van der Waals surface area contributed by atoms with Crippen molar-refractivity contribution in [1.82, 2.24) is 9.97 Å². The molecule has 0 spiro atoms. The van der Waals surface area contributed by atoms with Crippen LogP contribution >= 0.6 is 0 Å². The molecule has 3 aromatic carbocycles. The fourth-order valence-electron chi connectivity index (χ4n) is 3.27. The van der Waals surface area contributed by atoms with Crippen molar-refractivity contribution < 1.29 is 0 Å². The van der Waals surface area contributed by atoms with E-state index in [0.29, 0.717) is 5.92 Å². The zero-order valence-electron chi connectivity index (χ0n) is 14.0. The maximum atomic E-state index is 4.59. The normalized spacial score (nSPS) is 11.1. The van der Waals surface area contributed by atoms with Gasteiger partial charge in [0.15, 0.2) is 0 Å². The minimum atomic E-state index is 0.374. The topological polar surface area (TPSA) is 40.7 Å². The van der Waals surface area contributed by atoms with Gasteiger partial charge in [-0.2, -0.15) is 0 Å². The molecule has 3 heteroatoms. The van der Waals surface area contributed by atoms with E-state index in [2.05, 4.69) is 75.9 Å². The number of rotatable bonds is 6. The minimum absolute atomic E-state index is 0.374. The lowest BCUT2D eigenvalue weighted by Gasteiger charge is -2.18. The zero-order valence-corrected chi connectivity index (χ0v) is 14.0. The molecule has 4 rings (SSSR count). The van der Waals surface area contributed by atoms with Crippen LogP contribution in [-0.4, -0.2) is 16.5 Å². The molecule has 0 atom stereocenters. The third-order valence-corrected chi connectivity index (χ3v) is 4.52. The summed E-state index contributed by atoms with van der Waals surface area (Å²) in [7, 11) is 0. The van der Waals surface area contributed by atoms with Crippen LogP contribution in [0.5, 0.6) is 0 Å². The van der Waals surface area contributed by atoms with Crippen molar-refractivity contribution in [3.8, 4) is 0 Å². The second kappa shape index (κ2) is 7.22. The fourth-order valence-corrected chi connectivity index (χ4v) is 3.27. The lowest BCUT2D eigenvalue weighted by Crippen LogP contribution is -2.10. The number of imidazole rings is 1. The average molecular weight is 327 g/mol. The maximum absolute atomic E-state index is 4.59. The Kier molecular flexibility index (Phi) is 4.46. The number of para-hydroxylation sites is 2. The van der Waals surface area contributed by atoms with Gasteiger partial charge in [0.05, 0.1) is 11.0 Å². The lowest BCUT2D eigenvalue weighted by molar-refractivity contribution is 0.742. The summed E-state index contributed by atoms with van der Waals surface area (Å²) in [5.41, 5.74) is 4.75. The van der Waals surface area contributed by atoms with Crippen LogP contribution in [0.25, 0.3) is 11.0 Å². The predicted molar refractivity (Wildman–Crippen MR) is 104 cm³/mol. The highest BCUT2D eigenvalue weighted by Gasteiger charge is 2.13. The number of aromatic nitrogens is 2. The number of nitrogens with one attached hydrogen (secondary N) is 2. The van der Waals surface area contributed by atoms with Gasteiger partial charge in [-0.25, -0.2) is 4.98 Å². The second-order valence-corrected chi connectivity index (χ2v) is 6.19. The number of anilines is 1. The average Bonchev–Trinajstić information content (AvgIpc) is 3.09. The van der Waals surface area contributed by atoms with E-state index >= 15 is 0 Å². The number of hydrogen-bond acceptors (Lipinski definition) is 2. The Morgan fingerprint density at radius 3 is 2.00 bits per heavy atom. The largest absolute Gasteiger partial charge is 0.356 e. The molecule has 2 N–H and O–H groups in total. The standard InChI is InChI=1S/C22H21N3/c1-3-9-17(10-4-1)19(18-11-5-2-6-12-18)15-16-23-22-24-20-13-7-8-14-21(20)25-22/h1-14,19H,15-16H2,(H2,23,24,25). The number of fused-ring (bicyclic) bond motifs is 1. The number of hydrogen-bond donors (Lipinski definition) is 2. The molecule has 0 saturated heterocycles. The van der Waals surface area contributed by atoms with E-state index in [0.717, 1.165) is 29.9 Å². The van der Waals surface area contributed by atoms with Crippen molar-refractivity contribution in [2.75, 3.05) is 11.9 Å². The summed E-state index contributed by atoms with van der Waals surface area (Å²) >= 11 is 0. The highest BCUT2D eigenvalue weighted by atomic mass is 15.1. The second-order valence-electron chi connectivity index (χ2n) is 6.19. The molecule has 0 aliphatic carbocycles. The van der Waals surface area contributed by atoms with E-state index in [4.69, 9.17) is 0 Å². The Balaban J connectivity index is 1.49. The van der Waals surface area contributed by atoms with Crippen LogP contribution in [0.3, 0.4) is 0 Å². The van der Waals surface area contributed by atoms with E-state index in [1.54, 1.807) is 0 Å². The SMILES string of the molecule is c1ccc(C(CCNc2nc3ccccc3[nH]2)c2ccccc2)cc1. The Hall–Kier alpha value is -3.07. The van der Waals surface area contributed by atoms with Gasteiger partial charge in [-0.3, -0.25) is 0 Å². The molecule has 0 bridgehead atoms. The summed E-state index contributed by atoms with van der Waals surface area (Å²) in [5.74, 6) is 1.21. The van der Waals surface area contributed by atoms with Gasteiger partial charge in [0, 0.05) is 12.5 Å². The quantitative estimate of drug-likeness (QED) is 0.511. The highest BCUT2D eigenvalue weighted by molar-refractivity contribution is 5.77. The molecule has 0 radical (unpaired) electrons. The van der Waals surface area contributed by atoms with Gasteiger partial charge < -0.3 is 10.3 Å². The van der Waals surface area contributed by atoms with Crippen LogP contribution < -0.4 is 5.32 Å². The van der Waals surface area contributed by atoms with Crippen molar-refractivity contribution >= 4 is 17.0 Å². The molecule has 3 nitrogen and oxygen atoms in total. The third-order valence-electron chi connectivity index (χ3n) is 4.52. The Morgan fingerprint density at radius 1 is 0.760 bits per heavy atom. The molecular weight excluding hydrogens is 306 g/mol. The van der Waals surface area contributed by atoms with Crippen molar-refractivity contribution in [1.29, 1.82) is 0 Å². The van der Waals surface area contributed by atoms with Crippen molar-refractivity contribution in [3.05, 3.63) is 96.1 Å². The summed E-state index contributed by atoms with van der Waals surface area (Å²) in [4.78, 5) is 7.92. The van der Waals surface area contributed by atoms with Gasteiger partial charge >= 0.3 is 0 Å². The maximum Gasteiger partial charge on any atom is 0.201 e. The van der Waals surface area contributed by atoms with Crippen molar-refractivity contribution in [2.45, 2.75) is 12.3 Å². The van der Waals surface area contributed by atoms with E-state index in [1.165, 1.54) is 11.1 Å². The molecule has 0 fully saturated rings. The number of benzene rings is 3. The Morgan fingerprint density at radius 2 is 1.36 bits per heavy atom. The molecule has 0 saturated carbocycles. The number of nitrogens with zero attached hydrogens (tertiary/aromatic N) is 1. The summed E-state index contributed by atoms with van der Waals surface area (Å²) in [5, 5.41) is 3.44. The molecular formula is C22H21N3. The van der Waals surface area contributed by atoms with Crippen LogP contribution in [0.15, 0.2) is 84.9 Å². The van der Waals surface area contributed by atoms with Gasteiger partial charge in [-0.1, -0.05) is 72.8 Å². The molecule has 1 heterocycles. The monoisotopic (exact) mass is 327 g/mol. The minimum Gasteiger partial charge on any atom is -0.356 e. The molecule has 25 heavy (non-hydrogen) atoms. The van der Waals surface area contributed by atoms with Gasteiger partial charge in [-0.15, -0.1) is 0 Å².